The molecule has 3 rings (SSSR count). The average Bonchev–Trinajstić information content (AvgIpc) is 2.77. The number of aromatic nitrogens is 2. The van der Waals surface area contributed by atoms with Crippen LogP contribution in [0.25, 0.3) is 10.8 Å². The Balaban J connectivity index is 1.82. The molecule has 1 aliphatic rings. The molecule has 1 atom stereocenters. The maximum atomic E-state index is 12.4. The zero-order chi connectivity index (χ0) is 17.1. The predicted octanol–water partition coefficient (Wildman–Crippen LogP) is 0.261. The van der Waals surface area contributed by atoms with Crippen LogP contribution in [-0.4, -0.2) is 34.2 Å². The summed E-state index contributed by atoms with van der Waals surface area (Å²) in [6.45, 7) is 0.651. The summed E-state index contributed by atoms with van der Waals surface area (Å²) in [5, 5.41) is 11.0. The van der Waals surface area contributed by atoms with Crippen LogP contribution >= 0.6 is 0 Å². The summed E-state index contributed by atoms with van der Waals surface area (Å²) < 4.78 is 1.24. The number of fused-ring (bicyclic) bond motifs is 1. The van der Waals surface area contributed by atoms with Gasteiger partial charge in [-0.25, -0.2) is 4.68 Å². The fourth-order valence-electron chi connectivity index (χ4n) is 2.98. The number of benzene rings is 1. The third kappa shape index (κ3) is 3.29. The van der Waals surface area contributed by atoms with Gasteiger partial charge in [0.1, 0.15) is 6.04 Å². The third-order valence-corrected chi connectivity index (χ3v) is 4.23. The van der Waals surface area contributed by atoms with Crippen molar-refractivity contribution >= 4 is 22.6 Å². The molecule has 7 nitrogen and oxygen atoms in total. The Labute approximate surface area is 139 Å². The largest absolute Gasteiger partial charge is 0.354 e. The van der Waals surface area contributed by atoms with Gasteiger partial charge in [0.25, 0.3) is 5.56 Å². The first kappa shape index (κ1) is 16.2. The van der Waals surface area contributed by atoms with E-state index >= 15 is 0 Å². The van der Waals surface area contributed by atoms with Crippen molar-refractivity contribution in [2.75, 3.05) is 6.54 Å². The van der Waals surface area contributed by atoms with Gasteiger partial charge in [0.05, 0.1) is 17.5 Å². The molecule has 1 aromatic carbocycles. The normalized spacial score (nSPS) is 18.0. The Morgan fingerprint density at radius 1 is 1.29 bits per heavy atom. The van der Waals surface area contributed by atoms with Crippen molar-refractivity contribution in [2.24, 2.45) is 7.05 Å². The van der Waals surface area contributed by atoms with Gasteiger partial charge in [-0.15, -0.1) is 0 Å². The first-order valence-electron chi connectivity index (χ1n) is 8.08. The molecule has 2 heterocycles. The summed E-state index contributed by atoms with van der Waals surface area (Å²) in [4.78, 5) is 36.4. The Kier molecular flexibility index (Phi) is 4.59. The van der Waals surface area contributed by atoms with Gasteiger partial charge in [-0.05, 0) is 25.3 Å². The van der Waals surface area contributed by atoms with E-state index in [4.69, 9.17) is 0 Å². The monoisotopic (exact) mass is 328 g/mol. The highest BCUT2D eigenvalue weighted by atomic mass is 16.2. The van der Waals surface area contributed by atoms with E-state index in [1.807, 2.05) is 6.07 Å². The second-order valence-electron chi connectivity index (χ2n) is 6.00. The molecule has 1 saturated heterocycles. The van der Waals surface area contributed by atoms with Crippen LogP contribution in [-0.2, 0) is 23.1 Å². The molecule has 7 heteroatoms. The second-order valence-corrected chi connectivity index (χ2v) is 6.00. The van der Waals surface area contributed by atoms with Gasteiger partial charge in [-0.3, -0.25) is 14.4 Å². The number of amides is 2. The van der Waals surface area contributed by atoms with E-state index < -0.39 is 6.04 Å². The first-order chi connectivity index (χ1) is 11.6. The summed E-state index contributed by atoms with van der Waals surface area (Å²) in [7, 11) is 1.56. The summed E-state index contributed by atoms with van der Waals surface area (Å²) >= 11 is 0. The van der Waals surface area contributed by atoms with Crippen LogP contribution in [0.15, 0.2) is 29.1 Å². The zero-order valence-electron chi connectivity index (χ0n) is 13.5. The van der Waals surface area contributed by atoms with E-state index in [0.29, 0.717) is 29.4 Å². The maximum absolute atomic E-state index is 12.4. The van der Waals surface area contributed by atoms with Gasteiger partial charge in [0.2, 0.25) is 11.8 Å². The number of nitrogens with one attached hydrogen (secondary N) is 2. The number of hydrogen-bond acceptors (Lipinski definition) is 4. The molecule has 2 amide bonds. The van der Waals surface area contributed by atoms with Crippen LogP contribution < -0.4 is 16.2 Å². The van der Waals surface area contributed by atoms with Gasteiger partial charge in [-0.1, -0.05) is 18.2 Å². The van der Waals surface area contributed by atoms with Gasteiger partial charge in [-0.2, -0.15) is 5.10 Å². The number of carbonyl (C=O) groups excluding carboxylic acids is 2. The molecular weight excluding hydrogens is 308 g/mol. The number of carbonyl (C=O) groups is 2. The zero-order valence-corrected chi connectivity index (χ0v) is 13.5. The quantitative estimate of drug-likeness (QED) is 0.845. The Bertz CT molecular complexity index is 843. The van der Waals surface area contributed by atoms with Crippen molar-refractivity contribution in [1.29, 1.82) is 0 Å². The van der Waals surface area contributed by atoms with Crippen molar-refractivity contribution in [3.8, 4) is 0 Å². The van der Waals surface area contributed by atoms with Gasteiger partial charge in [0, 0.05) is 19.0 Å². The number of rotatable bonds is 3. The Hall–Kier alpha value is -2.70. The molecule has 1 aromatic heterocycles. The summed E-state index contributed by atoms with van der Waals surface area (Å²) in [6, 6.07) is 6.59. The van der Waals surface area contributed by atoms with E-state index in [2.05, 4.69) is 15.7 Å². The lowest BCUT2D eigenvalue weighted by molar-refractivity contribution is -0.128. The lowest BCUT2D eigenvalue weighted by Crippen LogP contribution is -2.46. The molecule has 2 N–H and O–H groups in total. The van der Waals surface area contributed by atoms with Gasteiger partial charge in [0.15, 0.2) is 0 Å². The van der Waals surface area contributed by atoms with Crippen LogP contribution in [0, 0.1) is 0 Å². The van der Waals surface area contributed by atoms with Gasteiger partial charge >= 0.3 is 0 Å². The minimum atomic E-state index is -0.501. The third-order valence-electron chi connectivity index (χ3n) is 4.23. The second kappa shape index (κ2) is 6.82. The minimum Gasteiger partial charge on any atom is -0.354 e. The maximum Gasteiger partial charge on any atom is 0.274 e. The van der Waals surface area contributed by atoms with Crippen molar-refractivity contribution in [3.63, 3.8) is 0 Å². The molecule has 0 bridgehead atoms. The molecule has 24 heavy (non-hydrogen) atoms. The van der Waals surface area contributed by atoms with Crippen molar-refractivity contribution in [1.82, 2.24) is 20.4 Å². The van der Waals surface area contributed by atoms with Crippen LogP contribution in [0.3, 0.4) is 0 Å². The van der Waals surface area contributed by atoms with Crippen LogP contribution in [0.4, 0.5) is 0 Å². The summed E-state index contributed by atoms with van der Waals surface area (Å²) in [6.07, 6.45) is 2.48. The Morgan fingerprint density at radius 2 is 2.04 bits per heavy atom. The lowest BCUT2D eigenvalue weighted by Gasteiger charge is -2.15. The summed E-state index contributed by atoms with van der Waals surface area (Å²) in [5.74, 6) is -0.410. The molecule has 1 unspecified atom stereocenters. The molecule has 0 radical (unpaired) electrons. The minimum absolute atomic E-state index is 0.0262. The number of aryl methyl sites for hydroxylation is 1. The van der Waals surface area contributed by atoms with Crippen molar-refractivity contribution in [3.05, 3.63) is 40.3 Å². The van der Waals surface area contributed by atoms with E-state index in [0.717, 1.165) is 12.8 Å². The SMILES string of the molecule is Cn1nc(CC(=O)NC2CCCCNC2=O)c2ccccc2c1=O. The van der Waals surface area contributed by atoms with Crippen LogP contribution in [0.2, 0.25) is 0 Å². The average molecular weight is 328 g/mol. The number of nitrogens with zero attached hydrogens (tertiary/aromatic N) is 2. The van der Waals surface area contributed by atoms with Crippen LogP contribution in [0.5, 0.6) is 0 Å². The highest BCUT2D eigenvalue weighted by Gasteiger charge is 2.23. The van der Waals surface area contributed by atoms with E-state index in [1.54, 1.807) is 25.2 Å². The van der Waals surface area contributed by atoms with E-state index in [9.17, 15) is 14.4 Å². The fraction of sp³-hybridized carbons (Fsp3) is 0.412. The fourth-order valence-corrected chi connectivity index (χ4v) is 2.98. The van der Waals surface area contributed by atoms with E-state index in [1.165, 1.54) is 4.68 Å². The predicted molar refractivity (Wildman–Crippen MR) is 89.5 cm³/mol. The standard InChI is InChI=1S/C17H20N4O3/c1-21-17(24)12-7-3-2-6-11(12)14(20-21)10-15(22)19-13-8-4-5-9-18-16(13)23/h2-3,6-7,13H,4-5,8-10H2,1H3,(H,18,23)(H,19,22). The highest BCUT2D eigenvalue weighted by molar-refractivity contribution is 5.91. The Morgan fingerprint density at radius 3 is 2.83 bits per heavy atom. The van der Waals surface area contributed by atoms with Gasteiger partial charge < -0.3 is 10.6 Å². The topological polar surface area (TPSA) is 93.1 Å². The summed E-state index contributed by atoms with van der Waals surface area (Å²) in [5.41, 5.74) is 0.331. The smallest absolute Gasteiger partial charge is 0.274 e. The lowest BCUT2D eigenvalue weighted by atomic mass is 10.1. The molecule has 126 valence electrons. The molecule has 0 aliphatic carbocycles. The molecule has 1 fully saturated rings. The van der Waals surface area contributed by atoms with E-state index in [-0.39, 0.29) is 23.8 Å². The van der Waals surface area contributed by atoms with Crippen molar-refractivity contribution in [2.45, 2.75) is 31.7 Å². The molecule has 0 spiro atoms. The van der Waals surface area contributed by atoms with Crippen molar-refractivity contribution < 1.29 is 9.59 Å². The first-order valence-corrected chi connectivity index (χ1v) is 8.08. The molecule has 0 saturated carbocycles. The molecular formula is C17H20N4O3. The number of hydrogen-bond donors (Lipinski definition) is 2. The molecule has 2 aromatic rings. The molecule has 1 aliphatic heterocycles. The highest BCUT2D eigenvalue weighted by Crippen LogP contribution is 2.14. The van der Waals surface area contributed by atoms with Crippen LogP contribution in [0.1, 0.15) is 25.0 Å².